The summed E-state index contributed by atoms with van der Waals surface area (Å²) in [5.74, 6) is -0.507. The minimum Gasteiger partial charge on any atom is -0.355 e. The second-order valence-corrected chi connectivity index (χ2v) is 7.28. The van der Waals surface area contributed by atoms with E-state index in [0.29, 0.717) is 26.1 Å². The number of amides is 2. The fourth-order valence-electron chi connectivity index (χ4n) is 2.60. The highest BCUT2D eigenvalue weighted by Crippen LogP contribution is 2.17. The molecule has 0 saturated carbocycles. The lowest BCUT2D eigenvalue weighted by Gasteiger charge is -2.14. The summed E-state index contributed by atoms with van der Waals surface area (Å²) in [5, 5.41) is 7.85. The number of nitrogens with two attached hydrogens (primary N) is 1. The number of primary sulfonamides is 1. The van der Waals surface area contributed by atoms with Crippen LogP contribution in [-0.4, -0.2) is 44.8 Å². The first-order chi connectivity index (χ1) is 11.3. The van der Waals surface area contributed by atoms with Gasteiger partial charge in [0, 0.05) is 26.1 Å². The molecule has 1 aromatic rings. The second-order valence-electron chi connectivity index (χ2n) is 5.72. The fourth-order valence-corrected chi connectivity index (χ4v) is 3.12. The summed E-state index contributed by atoms with van der Waals surface area (Å²) in [7, 11) is -3.69. The van der Waals surface area contributed by atoms with Gasteiger partial charge < -0.3 is 10.2 Å². The second kappa shape index (κ2) is 7.59. The van der Waals surface area contributed by atoms with E-state index in [1.165, 1.54) is 12.1 Å². The van der Waals surface area contributed by atoms with E-state index in [1.54, 1.807) is 23.1 Å². The minimum atomic E-state index is -3.69. The summed E-state index contributed by atoms with van der Waals surface area (Å²) in [6.45, 7) is 4.88. The predicted octanol–water partition coefficient (Wildman–Crippen LogP) is 0.0272. The third-order valence-electron chi connectivity index (χ3n) is 3.90. The quantitative estimate of drug-likeness (QED) is 0.675. The SMILES string of the molecule is C=CCN1CC(C(=O)NCCc2ccc(S(N)(=O)=O)cc2)CC1=O. The number of carbonyl (C=O) groups excluding carboxylic acids is 2. The maximum absolute atomic E-state index is 12.1. The highest BCUT2D eigenvalue weighted by molar-refractivity contribution is 7.89. The molecular weight excluding hydrogens is 330 g/mol. The Hall–Kier alpha value is -2.19. The summed E-state index contributed by atoms with van der Waals surface area (Å²) in [6, 6.07) is 6.21. The van der Waals surface area contributed by atoms with Crippen molar-refractivity contribution in [3.63, 3.8) is 0 Å². The van der Waals surface area contributed by atoms with Crippen LogP contribution in [0.4, 0.5) is 0 Å². The predicted molar refractivity (Wildman–Crippen MR) is 89.4 cm³/mol. The van der Waals surface area contributed by atoms with Crippen LogP contribution < -0.4 is 10.5 Å². The highest BCUT2D eigenvalue weighted by Gasteiger charge is 2.33. The van der Waals surface area contributed by atoms with Crippen molar-refractivity contribution in [2.75, 3.05) is 19.6 Å². The first-order valence-electron chi connectivity index (χ1n) is 7.59. The number of hydrogen-bond acceptors (Lipinski definition) is 4. The Balaban J connectivity index is 1.81. The van der Waals surface area contributed by atoms with Crippen LogP contribution in [0.2, 0.25) is 0 Å². The summed E-state index contributed by atoms with van der Waals surface area (Å²) >= 11 is 0. The Morgan fingerprint density at radius 1 is 1.38 bits per heavy atom. The molecule has 0 aliphatic carbocycles. The van der Waals surface area contributed by atoms with Crippen molar-refractivity contribution in [3.8, 4) is 0 Å². The monoisotopic (exact) mass is 351 g/mol. The van der Waals surface area contributed by atoms with E-state index in [2.05, 4.69) is 11.9 Å². The van der Waals surface area contributed by atoms with Gasteiger partial charge in [0.25, 0.3) is 0 Å². The molecule has 1 saturated heterocycles. The third-order valence-corrected chi connectivity index (χ3v) is 4.83. The molecule has 0 spiro atoms. The van der Waals surface area contributed by atoms with Gasteiger partial charge in [-0.25, -0.2) is 13.6 Å². The van der Waals surface area contributed by atoms with Crippen molar-refractivity contribution >= 4 is 21.8 Å². The molecule has 2 amide bonds. The number of benzene rings is 1. The van der Waals surface area contributed by atoms with Crippen LogP contribution in [-0.2, 0) is 26.0 Å². The van der Waals surface area contributed by atoms with E-state index in [1.807, 2.05) is 0 Å². The molecular formula is C16H21N3O4S. The zero-order valence-corrected chi connectivity index (χ0v) is 14.1. The number of nitrogens with one attached hydrogen (secondary N) is 1. The molecule has 2 rings (SSSR count). The largest absolute Gasteiger partial charge is 0.355 e. The Kier molecular flexibility index (Phi) is 5.74. The van der Waals surface area contributed by atoms with E-state index < -0.39 is 10.0 Å². The number of carbonyl (C=O) groups is 2. The van der Waals surface area contributed by atoms with Gasteiger partial charge in [0.05, 0.1) is 10.8 Å². The van der Waals surface area contributed by atoms with E-state index >= 15 is 0 Å². The molecule has 1 aliphatic heterocycles. The van der Waals surface area contributed by atoms with Gasteiger partial charge in [-0.15, -0.1) is 6.58 Å². The van der Waals surface area contributed by atoms with E-state index in [0.717, 1.165) is 5.56 Å². The maximum Gasteiger partial charge on any atom is 0.238 e. The Bertz CT molecular complexity index is 728. The number of likely N-dealkylation sites (tertiary alicyclic amines) is 1. The summed E-state index contributed by atoms with van der Waals surface area (Å²) < 4.78 is 22.4. The normalized spacial score (nSPS) is 17.8. The first-order valence-corrected chi connectivity index (χ1v) is 9.14. The summed E-state index contributed by atoms with van der Waals surface area (Å²) in [5.41, 5.74) is 0.887. The van der Waals surface area contributed by atoms with Crippen LogP contribution in [0.25, 0.3) is 0 Å². The maximum atomic E-state index is 12.1. The molecule has 130 valence electrons. The number of rotatable bonds is 7. The molecule has 8 heteroatoms. The van der Waals surface area contributed by atoms with Crippen LogP contribution in [0.3, 0.4) is 0 Å². The zero-order chi connectivity index (χ0) is 17.7. The molecule has 1 aliphatic rings. The van der Waals surface area contributed by atoms with Crippen LogP contribution in [0.5, 0.6) is 0 Å². The first kappa shape index (κ1) is 18.2. The van der Waals surface area contributed by atoms with Crippen LogP contribution in [0, 0.1) is 5.92 Å². The molecule has 3 N–H and O–H groups in total. The Morgan fingerprint density at radius 3 is 2.62 bits per heavy atom. The van der Waals surface area contributed by atoms with Gasteiger partial charge in [-0.2, -0.15) is 0 Å². The number of sulfonamides is 1. The molecule has 0 aromatic heterocycles. The molecule has 1 unspecified atom stereocenters. The van der Waals surface area contributed by atoms with E-state index in [9.17, 15) is 18.0 Å². The molecule has 0 radical (unpaired) electrons. The van der Waals surface area contributed by atoms with Gasteiger partial charge in [-0.05, 0) is 24.1 Å². The molecule has 1 fully saturated rings. The van der Waals surface area contributed by atoms with Gasteiger partial charge in [-0.3, -0.25) is 9.59 Å². The smallest absolute Gasteiger partial charge is 0.238 e. The van der Waals surface area contributed by atoms with Crippen molar-refractivity contribution in [2.24, 2.45) is 11.1 Å². The van der Waals surface area contributed by atoms with Gasteiger partial charge in [0.2, 0.25) is 21.8 Å². The van der Waals surface area contributed by atoms with Crippen molar-refractivity contribution in [1.29, 1.82) is 0 Å². The van der Waals surface area contributed by atoms with Crippen molar-refractivity contribution in [2.45, 2.75) is 17.7 Å². The van der Waals surface area contributed by atoms with Gasteiger partial charge in [0.1, 0.15) is 0 Å². The lowest BCUT2D eigenvalue weighted by molar-refractivity contribution is -0.128. The van der Waals surface area contributed by atoms with Crippen LogP contribution in [0.15, 0.2) is 41.8 Å². The van der Waals surface area contributed by atoms with Crippen molar-refractivity contribution < 1.29 is 18.0 Å². The molecule has 0 bridgehead atoms. The lowest BCUT2D eigenvalue weighted by atomic mass is 10.1. The molecule has 7 nitrogen and oxygen atoms in total. The Morgan fingerprint density at radius 2 is 2.04 bits per heavy atom. The lowest BCUT2D eigenvalue weighted by Crippen LogP contribution is -2.34. The van der Waals surface area contributed by atoms with E-state index in [-0.39, 0.29) is 29.0 Å². The summed E-state index contributed by atoms with van der Waals surface area (Å²) in [6.07, 6.45) is 2.43. The average molecular weight is 351 g/mol. The molecule has 24 heavy (non-hydrogen) atoms. The average Bonchev–Trinajstić information content (AvgIpc) is 2.88. The Labute approximate surface area is 141 Å². The zero-order valence-electron chi connectivity index (χ0n) is 13.3. The third kappa shape index (κ3) is 4.65. The van der Waals surface area contributed by atoms with E-state index in [4.69, 9.17) is 5.14 Å². The topological polar surface area (TPSA) is 110 Å². The van der Waals surface area contributed by atoms with Gasteiger partial charge in [0.15, 0.2) is 0 Å². The molecule has 1 aromatic carbocycles. The minimum absolute atomic E-state index is 0.0337. The molecule has 1 atom stereocenters. The fraction of sp³-hybridized carbons (Fsp3) is 0.375. The number of hydrogen-bond donors (Lipinski definition) is 2. The van der Waals surface area contributed by atoms with Gasteiger partial charge >= 0.3 is 0 Å². The van der Waals surface area contributed by atoms with Crippen LogP contribution in [0.1, 0.15) is 12.0 Å². The molecule has 1 heterocycles. The van der Waals surface area contributed by atoms with Crippen molar-refractivity contribution in [1.82, 2.24) is 10.2 Å². The number of nitrogens with zero attached hydrogens (tertiary/aromatic N) is 1. The van der Waals surface area contributed by atoms with Crippen LogP contribution >= 0.6 is 0 Å². The van der Waals surface area contributed by atoms with Crippen molar-refractivity contribution in [3.05, 3.63) is 42.5 Å². The van der Waals surface area contributed by atoms with Gasteiger partial charge in [-0.1, -0.05) is 18.2 Å². The summed E-state index contributed by atoms with van der Waals surface area (Å²) in [4.78, 5) is 25.5. The highest BCUT2D eigenvalue weighted by atomic mass is 32.2. The standard InChI is InChI=1S/C16H21N3O4S/c1-2-9-19-11-13(10-15(19)20)16(21)18-8-7-12-3-5-14(6-4-12)24(17,22)23/h2-6,13H,1,7-11H2,(H,18,21)(H2,17,22,23).